The van der Waals surface area contributed by atoms with E-state index in [9.17, 15) is 34.8 Å². The molecule has 0 aliphatic carbocycles. The van der Waals surface area contributed by atoms with E-state index in [2.05, 4.69) is 5.14 Å². The molecule has 0 atom stereocenters. The predicted molar refractivity (Wildman–Crippen MR) is 60.5 cm³/mol. The molecule has 0 heterocycles. The maximum Gasteiger partial charge on any atom is 0.417 e. The second kappa shape index (κ2) is 4.77. The van der Waals surface area contributed by atoms with Gasteiger partial charge in [0.2, 0.25) is 10.0 Å². The molecule has 0 bridgehead atoms. The average molecular weight is 419 g/mol. The van der Waals surface area contributed by atoms with E-state index >= 15 is 0 Å². The first-order valence-corrected chi connectivity index (χ1v) is 6.88. The van der Waals surface area contributed by atoms with Crippen molar-refractivity contribution in [3.63, 3.8) is 0 Å². The fraction of sp³-hybridized carbons (Fsp3) is 0.250. The normalized spacial score (nSPS) is 13.7. The van der Waals surface area contributed by atoms with E-state index in [4.69, 9.17) is 0 Å². The highest BCUT2D eigenvalue weighted by Gasteiger charge is 2.40. The lowest BCUT2D eigenvalue weighted by atomic mass is 10.1. The van der Waals surface area contributed by atoms with Gasteiger partial charge in [0.1, 0.15) is 0 Å². The van der Waals surface area contributed by atoms with E-state index in [1.54, 1.807) is 0 Å². The summed E-state index contributed by atoms with van der Waals surface area (Å²) >= 11 is 0.990. The van der Waals surface area contributed by atoms with Gasteiger partial charge >= 0.3 is 12.4 Å². The van der Waals surface area contributed by atoms with Crippen molar-refractivity contribution in [3.05, 3.63) is 26.8 Å². The maximum atomic E-state index is 12.6. The minimum Gasteiger partial charge on any atom is -0.225 e. The summed E-state index contributed by atoms with van der Waals surface area (Å²) in [6.07, 6.45) is -10.2. The van der Waals surface area contributed by atoms with Crippen LogP contribution in [0.25, 0.3) is 0 Å². The number of alkyl halides is 6. The highest BCUT2D eigenvalue weighted by Crippen LogP contribution is 2.40. The lowest BCUT2D eigenvalue weighted by Gasteiger charge is -2.15. The van der Waals surface area contributed by atoms with Gasteiger partial charge in [-0.2, -0.15) is 26.3 Å². The topological polar surface area (TPSA) is 60.2 Å². The molecule has 0 saturated carbocycles. The molecular formula is C8H4F6INO2S. The first kappa shape index (κ1) is 16.5. The minimum absolute atomic E-state index is 0.0757. The van der Waals surface area contributed by atoms with Crippen LogP contribution in [0, 0.1) is 3.57 Å². The fourth-order valence-electron chi connectivity index (χ4n) is 1.17. The SMILES string of the molecule is NS(=O)(=O)c1cc(C(F)(F)F)cc(C(F)(F)F)c1I. The van der Waals surface area contributed by atoms with E-state index in [0.29, 0.717) is 0 Å². The Morgan fingerprint density at radius 3 is 1.79 bits per heavy atom. The third-order valence-electron chi connectivity index (χ3n) is 1.98. The summed E-state index contributed by atoms with van der Waals surface area (Å²) in [5, 5.41) is 4.61. The van der Waals surface area contributed by atoms with Gasteiger partial charge in [-0.1, -0.05) is 0 Å². The van der Waals surface area contributed by atoms with Gasteiger partial charge in [0.05, 0.1) is 16.0 Å². The molecule has 2 N–H and O–H groups in total. The predicted octanol–water partition coefficient (Wildman–Crippen LogP) is 2.98. The number of primary sulfonamides is 1. The van der Waals surface area contributed by atoms with Crippen LogP contribution in [0.2, 0.25) is 0 Å². The van der Waals surface area contributed by atoms with Crippen molar-refractivity contribution in [2.24, 2.45) is 5.14 Å². The third-order valence-corrected chi connectivity index (χ3v) is 4.44. The summed E-state index contributed by atoms with van der Waals surface area (Å²) in [6, 6.07) is -0.0806. The summed E-state index contributed by atoms with van der Waals surface area (Å²) in [5.74, 6) is 0. The van der Waals surface area contributed by atoms with Crippen LogP contribution in [-0.4, -0.2) is 8.42 Å². The molecule has 0 spiro atoms. The van der Waals surface area contributed by atoms with Crippen LogP contribution in [0.5, 0.6) is 0 Å². The third kappa shape index (κ3) is 3.72. The molecule has 0 saturated heterocycles. The van der Waals surface area contributed by atoms with Crippen LogP contribution in [0.1, 0.15) is 11.1 Å². The van der Waals surface area contributed by atoms with Crippen LogP contribution in [0.15, 0.2) is 17.0 Å². The Morgan fingerprint density at radius 2 is 1.47 bits per heavy atom. The highest BCUT2D eigenvalue weighted by atomic mass is 127. The molecule has 1 aromatic rings. The summed E-state index contributed by atoms with van der Waals surface area (Å²) in [6.45, 7) is 0. The molecule has 19 heavy (non-hydrogen) atoms. The van der Waals surface area contributed by atoms with Crippen LogP contribution >= 0.6 is 22.6 Å². The number of halogens is 7. The number of rotatable bonds is 1. The van der Waals surface area contributed by atoms with Crippen molar-refractivity contribution in [1.82, 2.24) is 0 Å². The highest BCUT2D eigenvalue weighted by molar-refractivity contribution is 14.1. The lowest BCUT2D eigenvalue weighted by Crippen LogP contribution is -2.20. The molecular weight excluding hydrogens is 415 g/mol. The zero-order valence-electron chi connectivity index (χ0n) is 8.60. The first-order chi connectivity index (χ1) is 8.24. The van der Waals surface area contributed by atoms with Gasteiger partial charge in [-0.3, -0.25) is 0 Å². The van der Waals surface area contributed by atoms with Crippen LogP contribution in [-0.2, 0) is 22.4 Å². The van der Waals surface area contributed by atoms with Crippen LogP contribution < -0.4 is 5.14 Å². The Labute approximate surface area is 117 Å². The maximum absolute atomic E-state index is 12.6. The van der Waals surface area contributed by atoms with Crippen molar-refractivity contribution >= 4 is 32.6 Å². The van der Waals surface area contributed by atoms with E-state index < -0.39 is 42.0 Å². The number of sulfonamides is 1. The van der Waals surface area contributed by atoms with Crippen molar-refractivity contribution in [2.45, 2.75) is 17.2 Å². The largest absolute Gasteiger partial charge is 0.417 e. The Kier molecular flexibility index (Phi) is 4.14. The van der Waals surface area contributed by atoms with E-state index in [0.717, 1.165) is 22.6 Å². The summed E-state index contributed by atoms with van der Waals surface area (Å²) in [5.41, 5.74) is -3.43. The van der Waals surface area contributed by atoms with Crippen molar-refractivity contribution < 1.29 is 34.8 Å². The molecule has 0 unspecified atom stereocenters. The summed E-state index contributed by atoms with van der Waals surface area (Å²) in [7, 11) is -4.71. The minimum atomic E-state index is -5.13. The van der Waals surface area contributed by atoms with Crippen molar-refractivity contribution in [1.29, 1.82) is 0 Å². The second-order valence-electron chi connectivity index (χ2n) is 3.38. The van der Waals surface area contributed by atoms with E-state index in [1.165, 1.54) is 0 Å². The quantitative estimate of drug-likeness (QED) is 0.563. The molecule has 0 aromatic heterocycles. The molecule has 0 aliphatic rings. The number of hydrogen-bond acceptors (Lipinski definition) is 2. The van der Waals surface area contributed by atoms with Crippen molar-refractivity contribution in [2.75, 3.05) is 0 Å². The standard InChI is InChI=1S/C8H4F6INO2S/c9-7(10,11)3-1-4(8(12,13)14)6(15)5(2-3)19(16,17)18/h1-2H,(H2,16,17,18). The van der Waals surface area contributed by atoms with Gasteiger partial charge in [0.25, 0.3) is 0 Å². The van der Waals surface area contributed by atoms with Crippen LogP contribution in [0.4, 0.5) is 26.3 Å². The van der Waals surface area contributed by atoms with Crippen LogP contribution in [0.3, 0.4) is 0 Å². The smallest absolute Gasteiger partial charge is 0.225 e. The Balaban J connectivity index is 3.78. The molecule has 108 valence electrons. The van der Waals surface area contributed by atoms with Gasteiger partial charge in [0, 0.05) is 3.57 Å². The Morgan fingerprint density at radius 1 is 1.00 bits per heavy atom. The first-order valence-electron chi connectivity index (χ1n) is 4.25. The number of nitrogens with two attached hydrogens (primary N) is 1. The monoisotopic (exact) mass is 419 g/mol. The number of hydrogen-bond donors (Lipinski definition) is 1. The van der Waals surface area contributed by atoms with E-state index in [1.807, 2.05) is 0 Å². The number of benzene rings is 1. The molecule has 0 fully saturated rings. The van der Waals surface area contributed by atoms with E-state index in [-0.39, 0.29) is 12.1 Å². The molecule has 3 nitrogen and oxygen atoms in total. The molecule has 0 radical (unpaired) electrons. The molecule has 0 aliphatic heterocycles. The summed E-state index contributed by atoms with van der Waals surface area (Å²) < 4.78 is 96.3. The zero-order valence-corrected chi connectivity index (χ0v) is 11.6. The lowest BCUT2D eigenvalue weighted by molar-refractivity contribution is -0.143. The second-order valence-corrected chi connectivity index (χ2v) is 5.99. The molecule has 1 aromatic carbocycles. The van der Waals surface area contributed by atoms with Gasteiger partial charge in [0.15, 0.2) is 0 Å². The van der Waals surface area contributed by atoms with Gasteiger partial charge < -0.3 is 0 Å². The Hall–Kier alpha value is -0.560. The summed E-state index contributed by atoms with van der Waals surface area (Å²) in [4.78, 5) is -1.21. The van der Waals surface area contributed by atoms with Gasteiger partial charge in [-0.15, -0.1) is 0 Å². The molecule has 1 rings (SSSR count). The van der Waals surface area contributed by atoms with Gasteiger partial charge in [-0.05, 0) is 34.7 Å². The molecule has 0 amide bonds. The fourth-order valence-corrected chi connectivity index (χ4v) is 3.36. The average Bonchev–Trinajstić information content (AvgIpc) is 2.11. The zero-order chi connectivity index (χ0) is 15.2. The molecule has 11 heteroatoms. The van der Waals surface area contributed by atoms with Gasteiger partial charge in [-0.25, -0.2) is 13.6 Å². The Bertz CT molecular complexity index is 607. The van der Waals surface area contributed by atoms with Crippen molar-refractivity contribution in [3.8, 4) is 0 Å².